The van der Waals surface area contributed by atoms with Crippen LogP contribution in [0.15, 0.2) is 212 Å². The molecule has 9 aromatic carbocycles. The van der Waals surface area contributed by atoms with Gasteiger partial charge >= 0.3 is 0 Å². The molecule has 0 spiro atoms. The Labute approximate surface area is 332 Å². The maximum absolute atomic E-state index is 7.00. The van der Waals surface area contributed by atoms with Crippen molar-refractivity contribution in [3.05, 3.63) is 218 Å². The van der Waals surface area contributed by atoms with Crippen molar-refractivity contribution in [1.82, 2.24) is 4.57 Å². The molecule has 0 saturated heterocycles. The van der Waals surface area contributed by atoms with E-state index < -0.39 is 0 Å². The van der Waals surface area contributed by atoms with Crippen LogP contribution in [0.5, 0.6) is 5.75 Å². The molecule has 0 aliphatic carbocycles. The number of fused-ring (bicyclic) bond motifs is 4. The van der Waals surface area contributed by atoms with E-state index in [1.54, 1.807) is 0 Å². The summed E-state index contributed by atoms with van der Waals surface area (Å²) >= 11 is 0. The number of rotatable bonds is 9. The molecule has 0 bridgehead atoms. The predicted molar refractivity (Wildman–Crippen MR) is 239 cm³/mol. The number of nitrogens with two attached hydrogens (primary N) is 1. The van der Waals surface area contributed by atoms with Crippen molar-refractivity contribution in [2.24, 2.45) is 0 Å². The molecule has 4 nitrogen and oxygen atoms in total. The first kappa shape index (κ1) is 34.0. The lowest BCUT2D eigenvalue weighted by Crippen LogP contribution is -2.11. The molecule has 0 saturated carbocycles. The molecule has 0 fully saturated rings. The number of nitrogens with zero attached hydrogens (tertiary/aromatic N) is 2. The first-order chi connectivity index (χ1) is 28.2. The van der Waals surface area contributed by atoms with E-state index in [2.05, 4.69) is 198 Å². The van der Waals surface area contributed by atoms with Gasteiger partial charge in [-0.05, 0) is 82.7 Å². The third-order valence-electron chi connectivity index (χ3n) is 10.9. The number of ether oxygens (including phenoxy) is 1. The number of para-hydroxylation sites is 3. The summed E-state index contributed by atoms with van der Waals surface area (Å²) in [6, 6.07) is 74.8. The van der Waals surface area contributed by atoms with E-state index in [0.29, 0.717) is 18.0 Å². The van der Waals surface area contributed by atoms with Crippen molar-refractivity contribution in [2.45, 2.75) is 6.61 Å². The summed E-state index contributed by atoms with van der Waals surface area (Å²) in [5.41, 5.74) is 19.6. The van der Waals surface area contributed by atoms with E-state index in [1.807, 2.05) is 24.3 Å². The molecule has 1 aromatic heterocycles. The van der Waals surface area contributed by atoms with E-state index in [1.165, 1.54) is 21.8 Å². The van der Waals surface area contributed by atoms with E-state index >= 15 is 0 Å². The Hall–Kier alpha value is -7.56. The van der Waals surface area contributed by atoms with Crippen molar-refractivity contribution in [2.75, 3.05) is 10.6 Å². The zero-order valence-electron chi connectivity index (χ0n) is 31.3. The minimum atomic E-state index is 0.433. The van der Waals surface area contributed by atoms with Crippen LogP contribution in [0, 0.1) is 0 Å². The van der Waals surface area contributed by atoms with Crippen molar-refractivity contribution in [1.29, 1.82) is 0 Å². The molecule has 0 aliphatic rings. The molecule has 57 heavy (non-hydrogen) atoms. The highest BCUT2D eigenvalue weighted by Gasteiger charge is 2.20. The van der Waals surface area contributed by atoms with Crippen LogP contribution in [-0.4, -0.2) is 4.57 Å². The van der Waals surface area contributed by atoms with Gasteiger partial charge in [0.05, 0.1) is 22.4 Å². The summed E-state index contributed by atoms with van der Waals surface area (Å²) in [7, 11) is 0. The largest absolute Gasteiger partial charge is 0.486 e. The Morgan fingerprint density at radius 3 is 1.67 bits per heavy atom. The molecule has 1 heterocycles. The molecule has 0 unspecified atom stereocenters. The average Bonchev–Trinajstić information content (AvgIpc) is 3.62. The normalized spacial score (nSPS) is 11.3. The van der Waals surface area contributed by atoms with Crippen LogP contribution in [0.1, 0.15) is 5.56 Å². The van der Waals surface area contributed by atoms with Gasteiger partial charge in [-0.2, -0.15) is 0 Å². The molecule has 10 rings (SSSR count). The monoisotopic (exact) mass is 733 g/mol. The van der Waals surface area contributed by atoms with Crippen LogP contribution in [0.2, 0.25) is 0 Å². The Balaban J connectivity index is 1.08. The molecule has 0 amide bonds. The number of aromatic nitrogens is 1. The van der Waals surface area contributed by atoms with Gasteiger partial charge in [0, 0.05) is 44.3 Å². The van der Waals surface area contributed by atoms with E-state index in [4.69, 9.17) is 10.5 Å². The minimum absolute atomic E-state index is 0.433. The van der Waals surface area contributed by atoms with Crippen LogP contribution in [0.3, 0.4) is 0 Å². The second kappa shape index (κ2) is 14.6. The number of anilines is 4. The van der Waals surface area contributed by atoms with Crippen LogP contribution in [0.25, 0.3) is 60.5 Å². The molecular weight excluding hydrogens is 695 g/mol. The van der Waals surface area contributed by atoms with Crippen molar-refractivity contribution in [3.63, 3.8) is 0 Å². The molecule has 2 N–H and O–H groups in total. The second-order valence-electron chi connectivity index (χ2n) is 14.3. The van der Waals surface area contributed by atoms with Gasteiger partial charge in [-0.25, -0.2) is 0 Å². The standard InChI is InChI=1S/C53H39N3O/c54-52-48(35-40-19-7-8-21-45(40)53(52)57-36-37-15-3-1-4-16-37)39-27-29-41(30-28-39)55(49-24-12-9-20-44(49)38-17-5-2-6-18-38)42-31-33-43(34-32-42)56-50-25-13-10-22-46(50)47-23-11-14-26-51(47)56/h1-35H,36,54H2. The lowest BCUT2D eigenvalue weighted by atomic mass is 9.97. The summed E-state index contributed by atoms with van der Waals surface area (Å²) in [5, 5.41) is 4.57. The SMILES string of the molecule is Nc1c(-c2ccc(N(c3ccc(-n4c5ccccc5c5ccccc54)cc3)c3ccccc3-c3ccccc3)cc2)cc2ccccc2c1OCc1ccccc1. The highest BCUT2D eigenvalue weighted by Crippen LogP contribution is 2.44. The van der Waals surface area contributed by atoms with Gasteiger partial charge < -0.3 is 19.9 Å². The lowest BCUT2D eigenvalue weighted by molar-refractivity contribution is 0.312. The maximum atomic E-state index is 7.00. The van der Waals surface area contributed by atoms with Crippen molar-refractivity contribution in [3.8, 4) is 33.7 Å². The van der Waals surface area contributed by atoms with Crippen LogP contribution in [0.4, 0.5) is 22.7 Å². The summed E-state index contributed by atoms with van der Waals surface area (Å²) in [5.74, 6) is 0.706. The fourth-order valence-electron chi connectivity index (χ4n) is 8.15. The number of benzene rings is 9. The van der Waals surface area contributed by atoms with Crippen LogP contribution >= 0.6 is 0 Å². The maximum Gasteiger partial charge on any atom is 0.151 e. The highest BCUT2D eigenvalue weighted by atomic mass is 16.5. The van der Waals surface area contributed by atoms with Gasteiger partial charge in [0.25, 0.3) is 0 Å². The topological polar surface area (TPSA) is 43.4 Å². The van der Waals surface area contributed by atoms with Crippen LogP contribution in [-0.2, 0) is 6.61 Å². The van der Waals surface area contributed by atoms with Crippen molar-refractivity contribution >= 4 is 55.3 Å². The molecule has 0 radical (unpaired) electrons. The Bertz CT molecular complexity index is 2950. The average molecular weight is 734 g/mol. The Morgan fingerprint density at radius 2 is 0.982 bits per heavy atom. The van der Waals surface area contributed by atoms with E-state index in [-0.39, 0.29) is 0 Å². The second-order valence-corrected chi connectivity index (χ2v) is 14.3. The quantitative estimate of drug-likeness (QED) is 0.150. The summed E-state index contributed by atoms with van der Waals surface area (Å²) < 4.78 is 8.84. The van der Waals surface area contributed by atoms with Crippen LogP contribution < -0.4 is 15.4 Å². The lowest BCUT2D eigenvalue weighted by Gasteiger charge is -2.28. The predicted octanol–water partition coefficient (Wildman–Crippen LogP) is 13.9. The summed E-state index contributed by atoms with van der Waals surface area (Å²) in [4.78, 5) is 2.35. The zero-order valence-corrected chi connectivity index (χ0v) is 31.3. The third kappa shape index (κ3) is 6.24. The summed E-state index contributed by atoms with van der Waals surface area (Å²) in [6.07, 6.45) is 0. The summed E-state index contributed by atoms with van der Waals surface area (Å²) in [6.45, 7) is 0.433. The van der Waals surface area contributed by atoms with Gasteiger partial charge in [0.2, 0.25) is 0 Å². The van der Waals surface area contributed by atoms with Gasteiger partial charge in [-0.15, -0.1) is 0 Å². The number of hydrogen-bond acceptors (Lipinski definition) is 3. The van der Waals surface area contributed by atoms with Crippen molar-refractivity contribution < 1.29 is 4.74 Å². The highest BCUT2D eigenvalue weighted by molar-refractivity contribution is 6.09. The van der Waals surface area contributed by atoms with E-state index in [0.717, 1.165) is 61.3 Å². The molecule has 272 valence electrons. The smallest absolute Gasteiger partial charge is 0.151 e. The van der Waals surface area contributed by atoms with Gasteiger partial charge in [-0.3, -0.25) is 0 Å². The molecule has 4 heteroatoms. The first-order valence-electron chi connectivity index (χ1n) is 19.3. The fourth-order valence-corrected chi connectivity index (χ4v) is 8.15. The minimum Gasteiger partial charge on any atom is -0.486 e. The van der Waals surface area contributed by atoms with E-state index in [9.17, 15) is 0 Å². The first-order valence-corrected chi connectivity index (χ1v) is 19.3. The zero-order chi connectivity index (χ0) is 38.1. The molecule has 10 aromatic rings. The van der Waals surface area contributed by atoms with Gasteiger partial charge in [0.15, 0.2) is 5.75 Å². The molecule has 0 aliphatic heterocycles. The Morgan fingerprint density at radius 1 is 0.456 bits per heavy atom. The Kier molecular flexibility index (Phi) is 8.69. The number of hydrogen-bond donors (Lipinski definition) is 1. The fraction of sp³-hybridized carbons (Fsp3) is 0.0189. The third-order valence-corrected chi connectivity index (χ3v) is 10.9. The molecular formula is C53H39N3O. The van der Waals surface area contributed by atoms with Gasteiger partial charge in [-0.1, -0.05) is 152 Å². The number of nitrogen functional groups attached to an aromatic ring is 1. The van der Waals surface area contributed by atoms with Gasteiger partial charge in [0.1, 0.15) is 6.61 Å². The molecule has 0 atom stereocenters.